The summed E-state index contributed by atoms with van der Waals surface area (Å²) >= 11 is 0. The molecule has 334 valence electrons. The van der Waals surface area contributed by atoms with Gasteiger partial charge in [-0.3, -0.25) is 0 Å². The number of anilines is 6. The summed E-state index contributed by atoms with van der Waals surface area (Å²) in [6, 6.07) is 66.2. The number of benzene rings is 8. The summed E-state index contributed by atoms with van der Waals surface area (Å²) in [5.74, 6) is 0. The van der Waals surface area contributed by atoms with Crippen LogP contribution in [0.3, 0.4) is 0 Å². The molecule has 0 saturated carbocycles. The average Bonchev–Trinajstić information content (AvgIpc) is 3.62. The van der Waals surface area contributed by atoms with E-state index in [9.17, 15) is 0 Å². The Morgan fingerprint density at radius 1 is 0.373 bits per heavy atom. The fourth-order valence-corrected chi connectivity index (χ4v) is 12.1. The van der Waals surface area contributed by atoms with Crippen molar-refractivity contribution in [2.45, 2.75) is 110 Å². The molecule has 0 N–H and O–H groups in total. The number of unbranched alkanes of at least 4 members (excludes halogenated alkanes) is 2. The molecule has 0 unspecified atom stereocenters. The number of hydrogen-bond donors (Lipinski definition) is 0. The van der Waals surface area contributed by atoms with Crippen LogP contribution in [0.5, 0.6) is 0 Å². The van der Waals surface area contributed by atoms with Crippen LogP contribution in [0.15, 0.2) is 170 Å². The summed E-state index contributed by atoms with van der Waals surface area (Å²) in [7, 11) is 0. The summed E-state index contributed by atoms with van der Waals surface area (Å²) in [5, 5.41) is 0. The van der Waals surface area contributed by atoms with E-state index < -0.39 is 5.41 Å². The van der Waals surface area contributed by atoms with Crippen LogP contribution in [0.25, 0.3) is 11.1 Å². The first-order chi connectivity index (χ1) is 32.5. The highest BCUT2D eigenvalue weighted by Crippen LogP contribution is 2.64. The van der Waals surface area contributed by atoms with Crippen LogP contribution in [-0.4, -0.2) is 0 Å². The first-order valence-electron chi connectivity index (χ1n) is 25.0. The summed E-state index contributed by atoms with van der Waals surface area (Å²) in [6.45, 7) is 18.8. The zero-order chi connectivity index (χ0) is 46.2. The lowest BCUT2D eigenvalue weighted by molar-refractivity contribution is 0.630. The van der Waals surface area contributed by atoms with Crippen LogP contribution in [-0.2, 0) is 29.1 Å². The lowest BCUT2D eigenvalue weighted by atomic mass is 9.65. The van der Waals surface area contributed by atoms with Crippen molar-refractivity contribution in [1.82, 2.24) is 0 Å². The van der Waals surface area contributed by atoms with E-state index in [-0.39, 0.29) is 10.8 Å². The van der Waals surface area contributed by atoms with Crippen LogP contribution >= 0.6 is 0 Å². The molecule has 11 rings (SSSR count). The maximum atomic E-state index is 2.61. The third kappa shape index (κ3) is 6.65. The summed E-state index contributed by atoms with van der Waals surface area (Å²) in [4.78, 5) is 5.14. The number of aryl methyl sites for hydroxylation is 4. The normalized spacial score (nSPS) is 15.5. The standard InChI is InChI=1S/C65H64N2/c1-9-11-19-45-27-31-49(32-28-45)66-59-35-25-43(3)37-55(59)63(5,6)57-39-51-52-40-58-62(42-54(52)65(53(51)41-61(57)66,47-21-15-13-16-22-47)48-23-17-14-18-24-48)67(50-33-29-46(30-34-50)20-12-10-2)60-36-26-44(4)38-56(60)64(58,7)8/h13-18,21-42H,9-12,19-20H2,1-8H3. The topological polar surface area (TPSA) is 6.48 Å². The minimum atomic E-state index is -0.613. The second-order valence-corrected chi connectivity index (χ2v) is 20.8. The second kappa shape index (κ2) is 16.3. The molecule has 2 nitrogen and oxygen atoms in total. The molecule has 0 aromatic heterocycles. The van der Waals surface area contributed by atoms with Crippen molar-refractivity contribution < 1.29 is 0 Å². The van der Waals surface area contributed by atoms with Crippen molar-refractivity contribution >= 4 is 34.1 Å². The number of nitrogens with zero attached hydrogens (tertiary/aromatic N) is 2. The zero-order valence-electron chi connectivity index (χ0n) is 40.8. The van der Waals surface area contributed by atoms with E-state index in [0.717, 1.165) is 12.8 Å². The van der Waals surface area contributed by atoms with E-state index in [0.29, 0.717) is 0 Å². The largest absolute Gasteiger partial charge is 0.310 e. The van der Waals surface area contributed by atoms with Crippen molar-refractivity contribution in [3.05, 3.63) is 237 Å². The smallest absolute Gasteiger partial charge is 0.0715 e. The molecule has 0 bridgehead atoms. The molecular formula is C65H64N2. The van der Waals surface area contributed by atoms with Crippen LogP contribution < -0.4 is 9.80 Å². The van der Waals surface area contributed by atoms with E-state index in [4.69, 9.17) is 0 Å². The molecule has 0 atom stereocenters. The first-order valence-corrected chi connectivity index (χ1v) is 25.0. The van der Waals surface area contributed by atoms with Crippen molar-refractivity contribution in [2.75, 3.05) is 9.80 Å². The van der Waals surface area contributed by atoms with Gasteiger partial charge < -0.3 is 9.80 Å². The molecule has 8 aromatic rings. The van der Waals surface area contributed by atoms with Gasteiger partial charge in [-0.1, -0.05) is 175 Å². The highest BCUT2D eigenvalue weighted by atomic mass is 15.2. The van der Waals surface area contributed by atoms with Gasteiger partial charge in [0.25, 0.3) is 0 Å². The zero-order valence-corrected chi connectivity index (χ0v) is 40.8. The molecule has 0 fully saturated rings. The van der Waals surface area contributed by atoms with E-state index >= 15 is 0 Å². The summed E-state index contributed by atoms with van der Waals surface area (Å²) in [6.07, 6.45) is 6.99. The molecule has 2 heterocycles. The van der Waals surface area contributed by atoms with Gasteiger partial charge in [0.15, 0.2) is 0 Å². The molecule has 8 aromatic carbocycles. The predicted molar refractivity (Wildman–Crippen MR) is 284 cm³/mol. The Bertz CT molecular complexity index is 2940. The molecule has 3 aliphatic rings. The number of rotatable bonds is 10. The van der Waals surface area contributed by atoms with Crippen LogP contribution in [0.1, 0.15) is 134 Å². The minimum Gasteiger partial charge on any atom is -0.310 e. The van der Waals surface area contributed by atoms with Gasteiger partial charge in [0.1, 0.15) is 0 Å². The van der Waals surface area contributed by atoms with Crippen LogP contribution in [0.2, 0.25) is 0 Å². The van der Waals surface area contributed by atoms with E-state index in [1.807, 2.05) is 0 Å². The van der Waals surface area contributed by atoms with Crippen molar-refractivity contribution in [2.24, 2.45) is 0 Å². The van der Waals surface area contributed by atoms with E-state index in [1.165, 1.54) is 138 Å². The van der Waals surface area contributed by atoms with Gasteiger partial charge in [0, 0.05) is 22.2 Å². The third-order valence-corrected chi connectivity index (χ3v) is 15.8. The molecule has 1 aliphatic carbocycles. The van der Waals surface area contributed by atoms with Gasteiger partial charge in [-0.15, -0.1) is 0 Å². The molecule has 0 saturated heterocycles. The lowest BCUT2D eigenvalue weighted by Crippen LogP contribution is -2.33. The summed E-state index contributed by atoms with van der Waals surface area (Å²) in [5.41, 5.74) is 24.9. The van der Waals surface area contributed by atoms with Gasteiger partial charge in [-0.2, -0.15) is 0 Å². The van der Waals surface area contributed by atoms with Gasteiger partial charge >= 0.3 is 0 Å². The Kier molecular flexibility index (Phi) is 10.5. The fourth-order valence-electron chi connectivity index (χ4n) is 12.1. The molecule has 0 amide bonds. The highest BCUT2D eigenvalue weighted by Gasteiger charge is 2.50. The van der Waals surface area contributed by atoms with Crippen molar-refractivity contribution in [3.8, 4) is 11.1 Å². The lowest BCUT2D eigenvalue weighted by Gasteiger charge is -2.44. The number of hydrogen-bond acceptors (Lipinski definition) is 2. The second-order valence-electron chi connectivity index (χ2n) is 20.8. The Hall–Kier alpha value is -6.64. The average molecular weight is 873 g/mol. The van der Waals surface area contributed by atoms with E-state index in [2.05, 4.69) is 235 Å². The molecule has 0 radical (unpaired) electrons. The Morgan fingerprint density at radius 3 is 1.12 bits per heavy atom. The molecule has 2 aliphatic heterocycles. The summed E-state index contributed by atoms with van der Waals surface area (Å²) < 4.78 is 0. The molecule has 2 heteroatoms. The van der Waals surface area contributed by atoms with Gasteiger partial charge in [-0.05, 0) is 167 Å². The predicted octanol–water partition coefficient (Wildman–Crippen LogP) is 17.6. The molecule has 0 spiro atoms. The SMILES string of the molecule is CCCCc1ccc(N2c3ccc(C)cc3C(C)(C)c3cc4c(cc32)C(c2ccccc2)(c2ccccc2)c2cc3c(cc2-4)C(C)(C)c2cc(C)ccc2N3c2ccc(CCCC)cc2)cc1. The Morgan fingerprint density at radius 2 is 0.746 bits per heavy atom. The van der Waals surface area contributed by atoms with Crippen LogP contribution in [0, 0.1) is 13.8 Å². The van der Waals surface area contributed by atoms with Gasteiger partial charge in [-0.25, -0.2) is 0 Å². The van der Waals surface area contributed by atoms with Gasteiger partial charge in [0.05, 0.1) is 28.2 Å². The van der Waals surface area contributed by atoms with E-state index in [1.54, 1.807) is 0 Å². The van der Waals surface area contributed by atoms with Crippen molar-refractivity contribution in [3.63, 3.8) is 0 Å². The Labute approximate surface area is 400 Å². The Balaban J connectivity index is 1.23. The molecular weight excluding hydrogens is 809 g/mol. The number of fused-ring (bicyclic) bond motifs is 7. The quantitative estimate of drug-likeness (QED) is 0.135. The monoisotopic (exact) mass is 873 g/mol. The maximum Gasteiger partial charge on any atom is 0.0715 e. The minimum absolute atomic E-state index is 0.266. The fraction of sp³-hybridized carbons (Fsp3) is 0.262. The first kappa shape index (κ1) is 43.0. The maximum absolute atomic E-state index is 2.61. The van der Waals surface area contributed by atoms with Crippen LogP contribution in [0.4, 0.5) is 34.1 Å². The van der Waals surface area contributed by atoms with Crippen molar-refractivity contribution in [1.29, 1.82) is 0 Å². The van der Waals surface area contributed by atoms with Gasteiger partial charge in [0.2, 0.25) is 0 Å². The highest BCUT2D eigenvalue weighted by molar-refractivity contribution is 5.97. The molecule has 67 heavy (non-hydrogen) atoms. The third-order valence-electron chi connectivity index (χ3n) is 15.8.